The van der Waals surface area contributed by atoms with Crippen molar-refractivity contribution in [3.8, 4) is 0 Å². The lowest BCUT2D eigenvalue weighted by atomic mass is 9.94. The Bertz CT molecular complexity index is 191. The summed E-state index contributed by atoms with van der Waals surface area (Å²) in [4.78, 5) is 0. The smallest absolute Gasteiger partial charge is 0.0468 e. The van der Waals surface area contributed by atoms with E-state index in [-0.39, 0.29) is 6.61 Å². The number of rotatable bonds is 9. The lowest BCUT2D eigenvalue weighted by Gasteiger charge is -2.23. The van der Waals surface area contributed by atoms with Crippen LogP contribution in [0.5, 0.6) is 0 Å². The molecule has 2 N–H and O–H groups in total. The van der Waals surface area contributed by atoms with E-state index < -0.39 is 0 Å². The second kappa shape index (κ2) is 9.76. The highest BCUT2D eigenvalue weighted by Gasteiger charge is 2.14. The van der Waals surface area contributed by atoms with Gasteiger partial charge in [-0.3, -0.25) is 0 Å². The van der Waals surface area contributed by atoms with E-state index in [1.54, 1.807) is 0 Å². The van der Waals surface area contributed by atoms with Crippen molar-refractivity contribution in [1.29, 1.82) is 0 Å². The van der Waals surface area contributed by atoms with Gasteiger partial charge in [-0.2, -0.15) is 0 Å². The summed E-state index contributed by atoms with van der Waals surface area (Å²) in [6.45, 7) is 7.75. The lowest BCUT2D eigenvalue weighted by molar-refractivity contribution is 0.0631. The summed E-state index contributed by atoms with van der Waals surface area (Å²) >= 11 is 0. The minimum absolute atomic E-state index is 0.290. The van der Waals surface area contributed by atoms with Gasteiger partial charge in [0.05, 0.1) is 0 Å². The van der Waals surface area contributed by atoms with Crippen LogP contribution in [0.4, 0.5) is 0 Å². The fourth-order valence-corrected chi connectivity index (χ4v) is 2.69. The quantitative estimate of drug-likeness (QED) is 0.624. The van der Waals surface area contributed by atoms with Crippen LogP contribution < -0.4 is 5.32 Å². The molecule has 1 unspecified atom stereocenters. The SMILES string of the molecule is CC(C)C(CCO)NCCCCC1CCOCC1. The van der Waals surface area contributed by atoms with E-state index in [0.29, 0.717) is 12.0 Å². The number of hydrogen-bond acceptors (Lipinski definition) is 3. The molecular formula is C15H31NO2. The third-order valence-corrected chi connectivity index (χ3v) is 4.03. The molecule has 1 aliphatic rings. The number of aliphatic hydroxyl groups excluding tert-OH is 1. The normalized spacial score (nSPS) is 19.3. The van der Waals surface area contributed by atoms with Gasteiger partial charge in [-0.05, 0) is 44.1 Å². The van der Waals surface area contributed by atoms with Gasteiger partial charge < -0.3 is 15.2 Å². The van der Waals surface area contributed by atoms with Gasteiger partial charge in [0.25, 0.3) is 0 Å². The molecule has 1 atom stereocenters. The number of ether oxygens (including phenoxy) is 1. The number of aliphatic hydroxyl groups is 1. The molecule has 18 heavy (non-hydrogen) atoms. The predicted octanol–water partition coefficient (Wildman–Crippen LogP) is 2.58. The molecule has 1 aliphatic heterocycles. The number of hydrogen-bond donors (Lipinski definition) is 2. The van der Waals surface area contributed by atoms with Crippen molar-refractivity contribution in [3.63, 3.8) is 0 Å². The second-order valence-electron chi connectivity index (χ2n) is 5.87. The van der Waals surface area contributed by atoms with Crippen LogP contribution in [-0.4, -0.2) is 37.5 Å². The van der Waals surface area contributed by atoms with Gasteiger partial charge in [-0.1, -0.05) is 26.7 Å². The van der Waals surface area contributed by atoms with Crippen LogP contribution in [-0.2, 0) is 4.74 Å². The Hall–Kier alpha value is -0.120. The van der Waals surface area contributed by atoms with E-state index in [2.05, 4.69) is 19.2 Å². The Kier molecular flexibility index (Phi) is 8.64. The molecule has 0 aliphatic carbocycles. The van der Waals surface area contributed by atoms with Crippen LogP contribution >= 0.6 is 0 Å². The fraction of sp³-hybridized carbons (Fsp3) is 1.00. The molecule has 0 spiro atoms. The highest BCUT2D eigenvalue weighted by atomic mass is 16.5. The van der Waals surface area contributed by atoms with E-state index in [0.717, 1.165) is 32.1 Å². The summed E-state index contributed by atoms with van der Waals surface area (Å²) in [6, 6.07) is 0.470. The molecule has 108 valence electrons. The molecule has 0 radical (unpaired) electrons. The summed E-state index contributed by atoms with van der Waals surface area (Å²) in [7, 11) is 0. The van der Waals surface area contributed by atoms with Gasteiger partial charge in [-0.25, -0.2) is 0 Å². The first-order chi connectivity index (χ1) is 8.74. The van der Waals surface area contributed by atoms with Gasteiger partial charge in [0, 0.05) is 25.9 Å². The average Bonchev–Trinajstić information content (AvgIpc) is 2.38. The maximum Gasteiger partial charge on any atom is 0.0468 e. The van der Waals surface area contributed by atoms with Crippen LogP contribution in [0.25, 0.3) is 0 Å². The van der Waals surface area contributed by atoms with E-state index >= 15 is 0 Å². The van der Waals surface area contributed by atoms with Crippen LogP contribution in [0.2, 0.25) is 0 Å². The second-order valence-corrected chi connectivity index (χ2v) is 5.87. The zero-order chi connectivity index (χ0) is 13.2. The van der Waals surface area contributed by atoms with Crippen molar-refractivity contribution < 1.29 is 9.84 Å². The lowest BCUT2D eigenvalue weighted by Crippen LogP contribution is -2.35. The first-order valence-electron chi connectivity index (χ1n) is 7.66. The Balaban J connectivity index is 1.99. The molecule has 0 aromatic carbocycles. The highest BCUT2D eigenvalue weighted by Crippen LogP contribution is 2.20. The molecule has 3 heteroatoms. The van der Waals surface area contributed by atoms with Crippen LogP contribution in [0.3, 0.4) is 0 Å². The van der Waals surface area contributed by atoms with Crippen molar-refractivity contribution >= 4 is 0 Å². The van der Waals surface area contributed by atoms with Crippen molar-refractivity contribution in [3.05, 3.63) is 0 Å². The molecule has 1 saturated heterocycles. The zero-order valence-electron chi connectivity index (χ0n) is 12.2. The molecule has 0 saturated carbocycles. The molecular weight excluding hydrogens is 226 g/mol. The standard InChI is InChI=1S/C15H31NO2/c1-13(2)15(6-10-17)16-9-4-3-5-14-7-11-18-12-8-14/h13-17H,3-12H2,1-2H3. The first kappa shape index (κ1) is 15.9. The molecule has 1 heterocycles. The van der Waals surface area contributed by atoms with Gasteiger partial charge in [-0.15, -0.1) is 0 Å². The minimum atomic E-state index is 0.290. The average molecular weight is 257 g/mol. The van der Waals surface area contributed by atoms with Crippen molar-refractivity contribution in [2.75, 3.05) is 26.4 Å². The molecule has 0 aromatic rings. The Morgan fingerprint density at radius 2 is 1.94 bits per heavy atom. The summed E-state index contributed by atoms with van der Waals surface area (Å²) < 4.78 is 5.38. The van der Waals surface area contributed by atoms with Gasteiger partial charge in [0.2, 0.25) is 0 Å². The van der Waals surface area contributed by atoms with E-state index in [1.165, 1.54) is 32.1 Å². The maximum absolute atomic E-state index is 9.01. The van der Waals surface area contributed by atoms with Crippen LogP contribution in [0.1, 0.15) is 52.4 Å². The third kappa shape index (κ3) is 6.72. The molecule has 0 aromatic heterocycles. The third-order valence-electron chi connectivity index (χ3n) is 4.03. The summed E-state index contributed by atoms with van der Waals surface area (Å²) in [5.41, 5.74) is 0. The van der Waals surface area contributed by atoms with Crippen LogP contribution in [0, 0.1) is 11.8 Å². The molecule has 0 amide bonds. The largest absolute Gasteiger partial charge is 0.396 e. The van der Waals surface area contributed by atoms with Crippen molar-refractivity contribution in [2.24, 2.45) is 11.8 Å². The maximum atomic E-state index is 9.01. The predicted molar refractivity (Wildman–Crippen MR) is 75.7 cm³/mol. The number of unbranched alkanes of at least 4 members (excludes halogenated alkanes) is 1. The molecule has 1 fully saturated rings. The van der Waals surface area contributed by atoms with E-state index in [4.69, 9.17) is 9.84 Å². The number of nitrogens with one attached hydrogen (secondary N) is 1. The summed E-state index contributed by atoms with van der Waals surface area (Å²) in [5.74, 6) is 1.50. The fourth-order valence-electron chi connectivity index (χ4n) is 2.69. The molecule has 0 bridgehead atoms. The monoisotopic (exact) mass is 257 g/mol. The first-order valence-corrected chi connectivity index (χ1v) is 7.66. The van der Waals surface area contributed by atoms with Crippen molar-refractivity contribution in [2.45, 2.75) is 58.4 Å². The molecule has 1 rings (SSSR count). The van der Waals surface area contributed by atoms with Crippen molar-refractivity contribution in [1.82, 2.24) is 5.32 Å². The van der Waals surface area contributed by atoms with Gasteiger partial charge >= 0.3 is 0 Å². The minimum Gasteiger partial charge on any atom is -0.396 e. The highest BCUT2D eigenvalue weighted by molar-refractivity contribution is 4.70. The Morgan fingerprint density at radius 3 is 2.56 bits per heavy atom. The topological polar surface area (TPSA) is 41.5 Å². The Labute approximate surface area is 112 Å². The molecule has 3 nitrogen and oxygen atoms in total. The summed E-state index contributed by atoms with van der Waals surface area (Å²) in [5, 5.41) is 12.6. The van der Waals surface area contributed by atoms with Gasteiger partial charge in [0.1, 0.15) is 0 Å². The zero-order valence-corrected chi connectivity index (χ0v) is 12.2. The Morgan fingerprint density at radius 1 is 1.22 bits per heavy atom. The van der Waals surface area contributed by atoms with Gasteiger partial charge in [0.15, 0.2) is 0 Å². The van der Waals surface area contributed by atoms with E-state index in [9.17, 15) is 0 Å². The summed E-state index contributed by atoms with van der Waals surface area (Å²) in [6.07, 6.45) is 7.32. The van der Waals surface area contributed by atoms with Crippen LogP contribution in [0.15, 0.2) is 0 Å². The van der Waals surface area contributed by atoms with E-state index in [1.807, 2.05) is 0 Å².